The minimum Gasteiger partial charge on any atom is -0.488 e. The zero-order valence-corrected chi connectivity index (χ0v) is 10.9. The molecule has 4 nitrogen and oxygen atoms in total. The molecule has 0 aromatic heterocycles. The van der Waals surface area contributed by atoms with Crippen LogP contribution < -0.4 is 10.1 Å². The second kappa shape index (κ2) is 4.58. The van der Waals surface area contributed by atoms with Crippen molar-refractivity contribution in [2.24, 2.45) is 0 Å². The van der Waals surface area contributed by atoms with E-state index < -0.39 is 0 Å². The molecule has 2 rings (SSSR count). The van der Waals surface area contributed by atoms with E-state index in [1.165, 1.54) is 0 Å². The topological polar surface area (TPSA) is 58.6 Å². The van der Waals surface area contributed by atoms with Crippen LogP contribution in [0.25, 0.3) is 0 Å². The molecular weight excluding hydrogens is 321 g/mol. The lowest BCUT2D eigenvalue weighted by molar-refractivity contribution is 0.0965. The molecule has 1 aliphatic rings. The number of aliphatic hydroxyl groups excluding tert-OH is 1. The summed E-state index contributed by atoms with van der Waals surface area (Å²) in [7, 11) is 0. The fourth-order valence-electron chi connectivity index (χ4n) is 1.63. The van der Waals surface area contributed by atoms with E-state index in [-0.39, 0.29) is 18.6 Å². The first-order valence-electron chi connectivity index (χ1n) is 5.00. The van der Waals surface area contributed by atoms with Crippen molar-refractivity contribution in [2.75, 3.05) is 6.61 Å². The average molecular weight is 333 g/mol. The van der Waals surface area contributed by atoms with Crippen LogP contribution in [-0.2, 0) is 6.54 Å². The van der Waals surface area contributed by atoms with Crippen molar-refractivity contribution < 1.29 is 14.6 Å². The number of ether oxygens (including phenoxy) is 1. The third-order valence-corrected chi connectivity index (χ3v) is 3.26. The highest BCUT2D eigenvalue weighted by Gasteiger charge is 2.23. The van der Waals surface area contributed by atoms with Gasteiger partial charge in [-0.25, -0.2) is 0 Å². The fourth-order valence-corrected chi connectivity index (χ4v) is 2.53. The molecule has 1 atom stereocenters. The van der Waals surface area contributed by atoms with Crippen LogP contribution in [0, 0.1) is 3.57 Å². The molecule has 16 heavy (non-hydrogen) atoms. The maximum Gasteiger partial charge on any atom is 0.252 e. The molecule has 0 saturated carbocycles. The van der Waals surface area contributed by atoms with E-state index in [1.54, 1.807) is 6.92 Å². The molecular formula is C11H12INO3. The van der Waals surface area contributed by atoms with Gasteiger partial charge in [-0.3, -0.25) is 4.79 Å². The van der Waals surface area contributed by atoms with Gasteiger partial charge >= 0.3 is 0 Å². The second-order valence-corrected chi connectivity index (χ2v) is 4.90. The Kier molecular flexibility index (Phi) is 3.34. The van der Waals surface area contributed by atoms with Gasteiger partial charge in [-0.2, -0.15) is 0 Å². The first kappa shape index (κ1) is 11.7. The lowest BCUT2D eigenvalue weighted by Crippen LogP contribution is -2.16. The Morgan fingerprint density at radius 1 is 1.62 bits per heavy atom. The molecule has 0 radical (unpaired) electrons. The molecule has 1 aromatic rings. The van der Waals surface area contributed by atoms with Gasteiger partial charge in [0.15, 0.2) is 0 Å². The van der Waals surface area contributed by atoms with Gasteiger partial charge < -0.3 is 15.2 Å². The van der Waals surface area contributed by atoms with Crippen LogP contribution in [0.1, 0.15) is 22.8 Å². The van der Waals surface area contributed by atoms with E-state index in [9.17, 15) is 4.79 Å². The largest absolute Gasteiger partial charge is 0.488 e. The first-order valence-corrected chi connectivity index (χ1v) is 6.08. The SMILES string of the molecule is C[C@H](CO)Oc1cc(I)c2c(c1)CNC2=O. The van der Waals surface area contributed by atoms with Crippen LogP contribution in [0.5, 0.6) is 5.75 Å². The molecule has 5 heteroatoms. The molecule has 0 spiro atoms. The van der Waals surface area contributed by atoms with Crippen LogP contribution in [0.4, 0.5) is 0 Å². The van der Waals surface area contributed by atoms with Gasteiger partial charge in [0, 0.05) is 10.1 Å². The quantitative estimate of drug-likeness (QED) is 0.820. The highest BCUT2D eigenvalue weighted by atomic mass is 127. The molecule has 1 aromatic carbocycles. The number of amides is 1. The molecule has 86 valence electrons. The predicted molar refractivity (Wildman–Crippen MR) is 67.5 cm³/mol. The number of hydrogen-bond acceptors (Lipinski definition) is 3. The lowest BCUT2D eigenvalue weighted by atomic mass is 10.1. The molecule has 0 fully saturated rings. The van der Waals surface area contributed by atoms with Crippen molar-refractivity contribution in [3.8, 4) is 5.75 Å². The monoisotopic (exact) mass is 333 g/mol. The maximum atomic E-state index is 11.5. The summed E-state index contributed by atoms with van der Waals surface area (Å²) in [5.74, 6) is 0.669. The molecule has 0 aliphatic carbocycles. The van der Waals surface area contributed by atoms with Crippen molar-refractivity contribution in [3.05, 3.63) is 26.8 Å². The number of fused-ring (bicyclic) bond motifs is 1. The van der Waals surface area contributed by atoms with Crippen molar-refractivity contribution in [1.82, 2.24) is 5.32 Å². The summed E-state index contributed by atoms with van der Waals surface area (Å²) in [6.45, 7) is 2.32. The third-order valence-electron chi connectivity index (χ3n) is 2.41. The summed E-state index contributed by atoms with van der Waals surface area (Å²) in [4.78, 5) is 11.5. The number of halogens is 1. The predicted octanol–water partition coefficient (Wildman–Crippen LogP) is 1.29. The summed E-state index contributed by atoms with van der Waals surface area (Å²) >= 11 is 2.12. The summed E-state index contributed by atoms with van der Waals surface area (Å²) in [6.07, 6.45) is -0.237. The second-order valence-electron chi connectivity index (χ2n) is 3.73. The summed E-state index contributed by atoms with van der Waals surface area (Å²) in [5.41, 5.74) is 1.70. The number of benzene rings is 1. The Balaban J connectivity index is 2.31. The molecule has 1 heterocycles. The molecule has 0 unspecified atom stereocenters. The number of carbonyl (C=O) groups is 1. The van der Waals surface area contributed by atoms with Crippen LogP contribution in [0.3, 0.4) is 0 Å². The van der Waals surface area contributed by atoms with Gasteiger partial charge in [-0.1, -0.05) is 0 Å². The van der Waals surface area contributed by atoms with Gasteiger partial charge in [0.2, 0.25) is 0 Å². The lowest BCUT2D eigenvalue weighted by Gasteiger charge is -2.13. The minimum absolute atomic E-state index is 0.0230. The van der Waals surface area contributed by atoms with Gasteiger partial charge in [-0.05, 0) is 47.2 Å². The molecule has 2 N–H and O–H groups in total. The van der Waals surface area contributed by atoms with Crippen LogP contribution in [0.2, 0.25) is 0 Å². The van der Waals surface area contributed by atoms with Gasteiger partial charge in [0.05, 0.1) is 12.2 Å². The number of aliphatic hydroxyl groups is 1. The van der Waals surface area contributed by atoms with E-state index in [0.717, 1.165) is 14.7 Å². The highest BCUT2D eigenvalue weighted by Crippen LogP contribution is 2.27. The van der Waals surface area contributed by atoms with Crippen LogP contribution in [0.15, 0.2) is 12.1 Å². The van der Waals surface area contributed by atoms with Crippen LogP contribution in [-0.4, -0.2) is 23.7 Å². The van der Waals surface area contributed by atoms with Crippen molar-refractivity contribution >= 4 is 28.5 Å². The number of carbonyl (C=O) groups excluding carboxylic acids is 1. The van der Waals surface area contributed by atoms with Crippen molar-refractivity contribution in [3.63, 3.8) is 0 Å². The van der Waals surface area contributed by atoms with Gasteiger partial charge in [0.1, 0.15) is 11.9 Å². The normalized spacial score (nSPS) is 15.6. The minimum atomic E-state index is -0.237. The van der Waals surface area contributed by atoms with Crippen LogP contribution >= 0.6 is 22.6 Å². The molecule has 0 bridgehead atoms. The Hall–Kier alpha value is -0.820. The Morgan fingerprint density at radius 3 is 3.06 bits per heavy atom. The fraction of sp³-hybridized carbons (Fsp3) is 0.364. The van der Waals surface area contributed by atoms with E-state index in [2.05, 4.69) is 27.9 Å². The Morgan fingerprint density at radius 2 is 2.38 bits per heavy atom. The average Bonchev–Trinajstić information content (AvgIpc) is 2.60. The zero-order chi connectivity index (χ0) is 11.7. The molecule has 1 amide bonds. The molecule has 1 aliphatic heterocycles. The van der Waals surface area contributed by atoms with E-state index in [0.29, 0.717) is 12.3 Å². The van der Waals surface area contributed by atoms with E-state index >= 15 is 0 Å². The summed E-state index contributed by atoms with van der Waals surface area (Å²) in [6, 6.07) is 3.66. The number of nitrogens with one attached hydrogen (secondary N) is 1. The van der Waals surface area contributed by atoms with E-state index in [4.69, 9.17) is 9.84 Å². The van der Waals surface area contributed by atoms with Gasteiger partial charge in [0.25, 0.3) is 5.91 Å². The first-order chi connectivity index (χ1) is 7.61. The number of hydrogen-bond donors (Lipinski definition) is 2. The maximum absolute atomic E-state index is 11.5. The third kappa shape index (κ3) is 2.15. The number of rotatable bonds is 3. The highest BCUT2D eigenvalue weighted by molar-refractivity contribution is 14.1. The summed E-state index contributed by atoms with van der Waals surface area (Å²) < 4.78 is 6.39. The Labute approximate surface area is 107 Å². The van der Waals surface area contributed by atoms with Crippen molar-refractivity contribution in [1.29, 1.82) is 0 Å². The van der Waals surface area contributed by atoms with E-state index in [1.807, 2.05) is 12.1 Å². The van der Waals surface area contributed by atoms with Crippen molar-refractivity contribution in [2.45, 2.75) is 19.6 Å². The smallest absolute Gasteiger partial charge is 0.252 e. The Bertz CT molecular complexity index is 433. The standard InChI is InChI=1S/C11H12INO3/c1-6(5-14)16-8-2-7-4-13-11(15)10(7)9(12)3-8/h2-3,6,14H,4-5H2,1H3,(H,13,15)/t6-/m1/s1. The zero-order valence-electron chi connectivity index (χ0n) is 8.79. The summed E-state index contributed by atoms with van der Waals surface area (Å²) in [5, 5.41) is 11.7. The molecule has 0 saturated heterocycles. The van der Waals surface area contributed by atoms with Gasteiger partial charge in [-0.15, -0.1) is 0 Å².